The van der Waals surface area contributed by atoms with E-state index in [2.05, 4.69) is 5.32 Å². The highest BCUT2D eigenvalue weighted by Crippen LogP contribution is 2.50. The molecule has 29 heavy (non-hydrogen) atoms. The highest BCUT2D eigenvalue weighted by atomic mass is 35.5. The fourth-order valence-corrected chi connectivity index (χ4v) is 4.48. The molecule has 2 aromatic carbocycles. The maximum absolute atomic E-state index is 12.8. The van der Waals surface area contributed by atoms with Crippen molar-refractivity contribution in [3.05, 3.63) is 58.1 Å². The van der Waals surface area contributed by atoms with Gasteiger partial charge in [-0.15, -0.1) is 0 Å². The largest absolute Gasteiger partial charge is 0.506 e. The molecule has 2 fully saturated rings. The molecule has 0 radical (unpaired) electrons. The van der Waals surface area contributed by atoms with E-state index in [1.807, 2.05) is 29.2 Å². The Labute approximate surface area is 179 Å². The average Bonchev–Trinajstić information content (AvgIpc) is 3.51. The van der Waals surface area contributed by atoms with Crippen LogP contribution in [-0.4, -0.2) is 34.9 Å². The minimum Gasteiger partial charge on any atom is -0.506 e. The number of halogens is 2. The van der Waals surface area contributed by atoms with Crippen LogP contribution in [0.3, 0.4) is 0 Å². The van der Waals surface area contributed by atoms with Gasteiger partial charge in [0.15, 0.2) is 0 Å². The second-order valence-electron chi connectivity index (χ2n) is 7.72. The first-order valence-electron chi connectivity index (χ1n) is 9.76. The molecule has 0 spiro atoms. The first-order chi connectivity index (χ1) is 13.9. The predicted molar refractivity (Wildman–Crippen MR) is 113 cm³/mol. The molecule has 2 amide bonds. The molecule has 0 aromatic heterocycles. The summed E-state index contributed by atoms with van der Waals surface area (Å²) in [4.78, 5) is 27.2. The Morgan fingerprint density at radius 2 is 1.79 bits per heavy atom. The zero-order chi connectivity index (χ0) is 20.5. The number of anilines is 1. The van der Waals surface area contributed by atoms with E-state index in [4.69, 9.17) is 23.2 Å². The van der Waals surface area contributed by atoms with Crippen LogP contribution in [0.2, 0.25) is 10.0 Å². The number of hydrogen-bond donors (Lipinski definition) is 2. The van der Waals surface area contributed by atoms with Gasteiger partial charge >= 0.3 is 0 Å². The minimum atomic E-state index is -0.198. The Morgan fingerprint density at radius 1 is 1.07 bits per heavy atom. The van der Waals surface area contributed by atoms with Gasteiger partial charge in [-0.3, -0.25) is 9.59 Å². The highest BCUT2D eigenvalue weighted by molar-refractivity contribution is 6.31. The fourth-order valence-electron chi connectivity index (χ4n) is 4.03. The van der Waals surface area contributed by atoms with Crippen LogP contribution in [0.15, 0.2) is 42.5 Å². The zero-order valence-corrected chi connectivity index (χ0v) is 17.3. The second kappa shape index (κ2) is 8.25. The number of phenols is 1. The number of nitrogens with zero attached hydrogens (tertiary/aromatic N) is 1. The van der Waals surface area contributed by atoms with Crippen LogP contribution in [0, 0.1) is 11.8 Å². The van der Waals surface area contributed by atoms with E-state index in [9.17, 15) is 14.7 Å². The maximum Gasteiger partial charge on any atom is 0.227 e. The van der Waals surface area contributed by atoms with Crippen molar-refractivity contribution >= 4 is 40.7 Å². The molecule has 5 nitrogen and oxygen atoms in total. The van der Waals surface area contributed by atoms with Crippen molar-refractivity contribution < 1.29 is 14.7 Å². The number of piperidine rings is 1. The number of likely N-dealkylation sites (tertiary alicyclic amines) is 1. The van der Waals surface area contributed by atoms with Gasteiger partial charge in [0, 0.05) is 35.0 Å². The molecule has 152 valence electrons. The van der Waals surface area contributed by atoms with Crippen molar-refractivity contribution in [1.29, 1.82) is 0 Å². The van der Waals surface area contributed by atoms with Gasteiger partial charge in [-0.1, -0.05) is 41.4 Å². The number of rotatable bonds is 4. The molecule has 1 aliphatic heterocycles. The molecule has 7 heteroatoms. The molecule has 1 heterocycles. The lowest BCUT2D eigenvalue weighted by Gasteiger charge is -2.31. The summed E-state index contributed by atoms with van der Waals surface area (Å²) in [7, 11) is 0. The Kier molecular flexibility index (Phi) is 5.70. The van der Waals surface area contributed by atoms with Gasteiger partial charge in [-0.05, 0) is 55.0 Å². The quantitative estimate of drug-likeness (QED) is 0.688. The molecule has 2 aliphatic rings. The lowest BCUT2D eigenvalue weighted by atomic mass is 9.95. The number of carbonyl (C=O) groups is 2. The number of carbonyl (C=O) groups excluding carboxylic acids is 2. The summed E-state index contributed by atoms with van der Waals surface area (Å²) in [6, 6.07) is 12.2. The number of hydrogen-bond acceptors (Lipinski definition) is 3. The average molecular weight is 433 g/mol. The van der Waals surface area contributed by atoms with Crippen LogP contribution in [0.5, 0.6) is 5.75 Å². The number of aromatic hydroxyl groups is 1. The van der Waals surface area contributed by atoms with Gasteiger partial charge in [0.1, 0.15) is 5.75 Å². The summed E-state index contributed by atoms with van der Waals surface area (Å²) in [5.74, 6) is -0.0336. The number of nitrogens with one attached hydrogen (secondary N) is 1. The number of amides is 2. The topological polar surface area (TPSA) is 69.6 Å². The van der Waals surface area contributed by atoms with Crippen LogP contribution in [0.1, 0.15) is 30.7 Å². The number of phenolic OH excluding ortho intramolecular Hbond substituents is 1. The Bertz CT molecular complexity index is 941. The third-order valence-electron chi connectivity index (χ3n) is 5.81. The lowest BCUT2D eigenvalue weighted by Crippen LogP contribution is -2.42. The molecule has 0 bridgehead atoms. The molecular weight excluding hydrogens is 411 g/mol. The van der Waals surface area contributed by atoms with Crippen molar-refractivity contribution in [1.82, 2.24) is 4.90 Å². The van der Waals surface area contributed by atoms with Crippen molar-refractivity contribution in [2.24, 2.45) is 11.8 Å². The normalized spacial score (nSPS) is 21.7. The molecule has 2 aromatic rings. The van der Waals surface area contributed by atoms with Gasteiger partial charge in [0.25, 0.3) is 0 Å². The maximum atomic E-state index is 12.8. The van der Waals surface area contributed by atoms with Crippen LogP contribution in [-0.2, 0) is 9.59 Å². The third kappa shape index (κ3) is 4.36. The summed E-state index contributed by atoms with van der Waals surface area (Å²) in [6.07, 6.45) is 2.03. The third-order valence-corrected chi connectivity index (χ3v) is 6.39. The summed E-state index contributed by atoms with van der Waals surface area (Å²) in [5, 5.41) is 13.8. The van der Waals surface area contributed by atoms with Crippen LogP contribution in [0.4, 0.5) is 5.69 Å². The summed E-state index contributed by atoms with van der Waals surface area (Å²) in [6.45, 7) is 1.12. The lowest BCUT2D eigenvalue weighted by molar-refractivity contribution is -0.135. The molecule has 4 rings (SSSR count). The minimum absolute atomic E-state index is 0.0105. The van der Waals surface area contributed by atoms with Crippen LogP contribution >= 0.6 is 23.2 Å². The Hall–Kier alpha value is -2.24. The first kappa shape index (κ1) is 20.0. The summed E-state index contributed by atoms with van der Waals surface area (Å²) < 4.78 is 0. The SMILES string of the molecule is O=C(Nc1cc(Cl)ccc1O)C1CCN(C(=O)[C@H]2C[C@H]2c2ccccc2Cl)CC1. The van der Waals surface area contributed by atoms with E-state index in [0.29, 0.717) is 41.7 Å². The van der Waals surface area contributed by atoms with Crippen LogP contribution in [0.25, 0.3) is 0 Å². The molecule has 2 N–H and O–H groups in total. The van der Waals surface area contributed by atoms with E-state index in [1.54, 1.807) is 6.07 Å². The van der Waals surface area contributed by atoms with E-state index < -0.39 is 0 Å². The van der Waals surface area contributed by atoms with E-state index in [0.717, 1.165) is 12.0 Å². The number of benzene rings is 2. The van der Waals surface area contributed by atoms with Crippen molar-refractivity contribution in [3.8, 4) is 5.75 Å². The van der Waals surface area contributed by atoms with E-state index in [-0.39, 0.29) is 35.3 Å². The van der Waals surface area contributed by atoms with Crippen molar-refractivity contribution in [2.45, 2.75) is 25.2 Å². The molecule has 1 aliphatic carbocycles. The molecule has 2 atom stereocenters. The molecule has 1 saturated carbocycles. The van der Waals surface area contributed by atoms with Gasteiger partial charge in [-0.25, -0.2) is 0 Å². The molecule has 1 saturated heterocycles. The van der Waals surface area contributed by atoms with Crippen LogP contribution < -0.4 is 5.32 Å². The summed E-state index contributed by atoms with van der Waals surface area (Å²) in [5.41, 5.74) is 1.35. The monoisotopic (exact) mass is 432 g/mol. The van der Waals surface area contributed by atoms with Gasteiger partial charge in [0.2, 0.25) is 11.8 Å². The van der Waals surface area contributed by atoms with Gasteiger partial charge in [-0.2, -0.15) is 0 Å². The predicted octanol–water partition coefficient (Wildman–Crippen LogP) is 4.68. The van der Waals surface area contributed by atoms with Crippen molar-refractivity contribution in [3.63, 3.8) is 0 Å². The Morgan fingerprint density at radius 3 is 2.52 bits per heavy atom. The smallest absolute Gasteiger partial charge is 0.227 e. The fraction of sp³-hybridized carbons (Fsp3) is 0.364. The highest BCUT2D eigenvalue weighted by Gasteiger charge is 2.47. The van der Waals surface area contributed by atoms with E-state index in [1.165, 1.54) is 12.1 Å². The summed E-state index contributed by atoms with van der Waals surface area (Å²) >= 11 is 12.2. The molecular formula is C22H22Cl2N2O3. The van der Waals surface area contributed by atoms with Crippen molar-refractivity contribution in [2.75, 3.05) is 18.4 Å². The standard InChI is InChI=1S/C22H22Cl2N2O3/c23-14-5-6-20(27)19(11-14)25-21(28)13-7-9-26(10-8-13)22(29)17-12-16(17)15-3-1-2-4-18(15)24/h1-6,11,13,16-17,27H,7-10,12H2,(H,25,28)/t16-,17-/m0/s1. The van der Waals surface area contributed by atoms with Gasteiger partial charge < -0.3 is 15.3 Å². The zero-order valence-electron chi connectivity index (χ0n) is 15.8. The Balaban J connectivity index is 1.30. The van der Waals surface area contributed by atoms with E-state index >= 15 is 0 Å². The molecule has 0 unspecified atom stereocenters. The first-order valence-corrected chi connectivity index (χ1v) is 10.5. The van der Waals surface area contributed by atoms with Gasteiger partial charge in [0.05, 0.1) is 5.69 Å². The second-order valence-corrected chi connectivity index (χ2v) is 8.56.